The molecule has 0 spiro atoms. The maximum Gasteiger partial charge on any atom is 0.191 e. The van der Waals surface area contributed by atoms with Crippen LogP contribution in [0.1, 0.15) is 50.2 Å². The van der Waals surface area contributed by atoms with Crippen LogP contribution in [0, 0.1) is 18.3 Å². The summed E-state index contributed by atoms with van der Waals surface area (Å²) in [6.45, 7) is 8.24. The van der Waals surface area contributed by atoms with Gasteiger partial charge in [-0.15, -0.1) is 0 Å². The average Bonchev–Trinajstić information content (AvgIpc) is 3.58. The van der Waals surface area contributed by atoms with E-state index in [9.17, 15) is 0 Å². The van der Waals surface area contributed by atoms with E-state index in [1.807, 2.05) is 0 Å². The van der Waals surface area contributed by atoms with Crippen LogP contribution in [0.25, 0.3) is 0 Å². The number of guanidine groups is 1. The first-order chi connectivity index (χ1) is 13.2. The highest BCUT2D eigenvalue weighted by Crippen LogP contribution is 2.60. The van der Waals surface area contributed by atoms with Crippen LogP contribution in [-0.2, 0) is 11.3 Å². The molecule has 3 aliphatic rings. The zero-order valence-corrected chi connectivity index (χ0v) is 16.7. The predicted molar refractivity (Wildman–Crippen MR) is 108 cm³/mol. The molecule has 1 aliphatic heterocycles. The van der Waals surface area contributed by atoms with Crippen molar-refractivity contribution in [1.82, 2.24) is 10.6 Å². The lowest BCUT2D eigenvalue weighted by Gasteiger charge is -2.19. The number of hydrogen-bond donors (Lipinski definition) is 2. The normalized spacial score (nSPS) is 23.9. The van der Waals surface area contributed by atoms with Crippen molar-refractivity contribution in [2.75, 3.05) is 26.3 Å². The van der Waals surface area contributed by atoms with E-state index in [-0.39, 0.29) is 6.10 Å². The van der Waals surface area contributed by atoms with Gasteiger partial charge in [0, 0.05) is 25.1 Å². The van der Waals surface area contributed by atoms with Gasteiger partial charge in [-0.25, -0.2) is 4.99 Å². The molecule has 0 bridgehead atoms. The lowest BCUT2D eigenvalue weighted by atomic mass is 10.0. The molecular weight excluding hydrogens is 338 g/mol. The Morgan fingerprint density at radius 2 is 2.11 bits per heavy atom. The fourth-order valence-electron chi connectivity index (χ4n) is 4.04. The standard InChI is InChI=1S/C22H33N3O2/c1-3-23-21(25-15-22(9-10-22)18-6-7-18)24-13-17-5-4-16(2)12-20(17)27-19-8-11-26-14-19/h4-5,12,18-19H,3,6-11,13-15H2,1-2H3,(H2,23,24,25). The third-order valence-corrected chi connectivity index (χ3v) is 6.10. The smallest absolute Gasteiger partial charge is 0.191 e. The fourth-order valence-corrected chi connectivity index (χ4v) is 4.04. The molecule has 0 radical (unpaired) electrons. The van der Waals surface area contributed by atoms with E-state index in [2.05, 4.69) is 42.7 Å². The van der Waals surface area contributed by atoms with Crippen LogP contribution in [0.5, 0.6) is 5.75 Å². The Morgan fingerprint density at radius 1 is 1.26 bits per heavy atom. The van der Waals surface area contributed by atoms with Gasteiger partial charge < -0.3 is 20.1 Å². The van der Waals surface area contributed by atoms with Crippen molar-refractivity contribution in [3.63, 3.8) is 0 Å². The average molecular weight is 372 g/mol. The van der Waals surface area contributed by atoms with E-state index in [0.717, 1.165) is 49.3 Å². The lowest BCUT2D eigenvalue weighted by Crippen LogP contribution is -2.40. The van der Waals surface area contributed by atoms with Gasteiger partial charge in [0.25, 0.3) is 0 Å². The van der Waals surface area contributed by atoms with Crippen molar-refractivity contribution in [3.05, 3.63) is 29.3 Å². The number of ether oxygens (including phenoxy) is 2. The quantitative estimate of drug-likeness (QED) is 0.543. The molecule has 5 heteroatoms. The molecule has 1 heterocycles. The van der Waals surface area contributed by atoms with Crippen molar-refractivity contribution in [1.29, 1.82) is 0 Å². The monoisotopic (exact) mass is 371 g/mol. The second-order valence-corrected chi connectivity index (χ2v) is 8.40. The number of aliphatic imine (C=N–C) groups is 1. The van der Waals surface area contributed by atoms with E-state index in [1.54, 1.807) is 0 Å². The highest BCUT2D eigenvalue weighted by atomic mass is 16.5. The summed E-state index contributed by atoms with van der Waals surface area (Å²) in [6, 6.07) is 6.39. The molecule has 1 aromatic carbocycles. The third-order valence-electron chi connectivity index (χ3n) is 6.10. The van der Waals surface area contributed by atoms with Gasteiger partial charge in [0.05, 0.1) is 19.8 Å². The first kappa shape index (κ1) is 18.6. The highest BCUT2D eigenvalue weighted by Gasteiger charge is 2.53. The molecule has 2 saturated carbocycles. The topological polar surface area (TPSA) is 54.9 Å². The number of rotatable bonds is 8. The molecule has 1 unspecified atom stereocenters. The van der Waals surface area contributed by atoms with Gasteiger partial charge in [-0.2, -0.15) is 0 Å². The summed E-state index contributed by atoms with van der Waals surface area (Å²) in [4.78, 5) is 4.84. The molecule has 1 saturated heterocycles. The molecule has 0 aromatic heterocycles. The maximum absolute atomic E-state index is 6.21. The first-order valence-electron chi connectivity index (χ1n) is 10.5. The van der Waals surface area contributed by atoms with Gasteiger partial charge in [0.15, 0.2) is 5.96 Å². The Labute approximate surface area is 162 Å². The van der Waals surface area contributed by atoms with Gasteiger partial charge in [-0.3, -0.25) is 0 Å². The Hall–Kier alpha value is -1.75. The van der Waals surface area contributed by atoms with Gasteiger partial charge in [-0.1, -0.05) is 12.1 Å². The van der Waals surface area contributed by atoms with Crippen LogP contribution in [0.3, 0.4) is 0 Å². The molecular formula is C22H33N3O2. The van der Waals surface area contributed by atoms with Crippen LogP contribution < -0.4 is 15.4 Å². The summed E-state index contributed by atoms with van der Waals surface area (Å²) in [5.41, 5.74) is 2.91. The summed E-state index contributed by atoms with van der Waals surface area (Å²) >= 11 is 0. The van der Waals surface area contributed by atoms with E-state index < -0.39 is 0 Å². The molecule has 3 fully saturated rings. The molecule has 148 valence electrons. The number of nitrogens with one attached hydrogen (secondary N) is 2. The minimum absolute atomic E-state index is 0.161. The highest BCUT2D eigenvalue weighted by molar-refractivity contribution is 5.79. The zero-order chi connectivity index (χ0) is 18.7. The minimum Gasteiger partial charge on any atom is -0.488 e. The number of hydrogen-bond acceptors (Lipinski definition) is 3. The third kappa shape index (κ3) is 4.75. The van der Waals surface area contributed by atoms with Gasteiger partial charge in [0.2, 0.25) is 0 Å². The molecule has 5 nitrogen and oxygen atoms in total. The second kappa shape index (κ2) is 8.09. The number of aryl methyl sites for hydroxylation is 1. The Morgan fingerprint density at radius 3 is 2.78 bits per heavy atom. The van der Waals surface area contributed by atoms with Gasteiger partial charge in [0.1, 0.15) is 11.9 Å². The summed E-state index contributed by atoms with van der Waals surface area (Å²) in [7, 11) is 0. The molecule has 27 heavy (non-hydrogen) atoms. The van der Waals surface area contributed by atoms with Crippen LogP contribution in [0.15, 0.2) is 23.2 Å². The predicted octanol–water partition coefficient (Wildman–Crippen LogP) is 3.41. The molecule has 0 amide bonds. The van der Waals surface area contributed by atoms with Crippen molar-refractivity contribution in [2.45, 2.75) is 58.6 Å². The van der Waals surface area contributed by atoms with Crippen LogP contribution in [0.4, 0.5) is 0 Å². The molecule has 4 rings (SSSR count). The number of nitrogens with zero attached hydrogens (tertiary/aromatic N) is 1. The largest absolute Gasteiger partial charge is 0.488 e. The summed E-state index contributed by atoms with van der Waals surface area (Å²) < 4.78 is 11.7. The summed E-state index contributed by atoms with van der Waals surface area (Å²) in [5.74, 6) is 2.82. The molecule has 2 N–H and O–H groups in total. The molecule has 1 atom stereocenters. The van der Waals surface area contributed by atoms with Gasteiger partial charge in [-0.05, 0) is 62.5 Å². The second-order valence-electron chi connectivity index (χ2n) is 8.40. The minimum atomic E-state index is 0.161. The Bertz CT molecular complexity index is 674. The van der Waals surface area contributed by atoms with Crippen molar-refractivity contribution < 1.29 is 9.47 Å². The SMILES string of the molecule is CCNC(=NCc1ccc(C)cc1OC1CCOC1)NCC1(C2CC2)CC1. The summed E-state index contributed by atoms with van der Waals surface area (Å²) in [5, 5.41) is 6.99. The molecule has 1 aromatic rings. The summed E-state index contributed by atoms with van der Waals surface area (Å²) in [6.07, 6.45) is 6.72. The first-order valence-corrected chi connectivity index (χ1v) is 10.5. The van der Waals surface area contributed by atoms with E-state index in [1.165, 1.54) is 31.2 Å². The Balaban J connectivity index is 1.40. The maximum atomic E-state index is 6.21. The zero-order valence-electron chi connectivity index (χ0n) is 16.7. The van der Waals surface area contributed by atoms with Crippen molar-refractivity contribution in [2.24, 2.45) is 16.3 Å². The van der Waals surface area contributed by atoms with Crippen molar-refractivity contribution in [3.8, 4) is 5.75 Å². The Kier molecular flexibility index (Phi) is 5.58. The molecule has 2 aliphatic carbocycles. The fraction of sp³-hybridized carbons (Fsp3) is 0.682. The van der Waals surface area contributed by atoms with Crippen LogP contribution >= 0.6 is 0 Å². The lowest BCUT2D eigenvalue weighted by molar-refractivity contribution is 0.140. The van der Waals surface area contributed by atoms with E-state index >= 15 is 0 Å². The van der Waals surface area contributed by atoms with Crippen molar-refractivity contribution >= 4 is 5.96 Å². The van der Waals surface area contributed by atoms with Gasteiger partial charge >= 0.3 is 0 Å². The van der Waals surface area contributed by atoms with E-state index in [0.29, 0.717) is 18.6 Å². The van der Waals surface area contributed by atoms with E-state index in [4.69, 9.17) is 14.5 Å². The van der Waals surface area contributed by atoms with Crippen LogP contribution in [-0.4, -0.2) is 38.4 Å². The number of benzene rings is 1. The van der Waals surface area contributed by atoms with Crippen LogP contribution in [0.2, 0.25) is 0 Å².